The summed E-state index contributed by atoms with van der Waals surface area (Å²) in [6.07, 6.45) is 0. The second kappa shape index (κ2) is 6.12. The van der Waals surface area contributed by atoms with E-state index in [9.17, 15) is 0 Å². The maximum atomic E-state index is 9.03. The third-order valence-electron chi connectivity index (χ3n) is 3.47. The van der Waals surface area contributed by atoms with E-state index in [2.05, 4.69) is 4.90 Å². The molecule has 1 aliphatic rings. The number of benzene rings is 1. The zero-order valence-corrected chi connectivity index (χ0v) is 11.7. The van der Waals surface area contributed by atoms with Crippen LogP contribution in [0.15, 0.2) is 12.1 Å². The van der Waals surface area contributed by atoms with Crippen LogP contribution in [0.5, 0.6) is 17.2 Å². The van der Waals surface area contributed by atoms with Crippen LogP contribution < -0.4 is 14.2 Å². The molecular formula is C14H21NO4. The van der Waals surface area contributed by atoms with E-state index < -0.39 is 0 Å². The Balaban J connectivity index is 2.14. The summed E-state index contributed by atoms with van der Waals surface area (Å²) in [6, 6.07) is 3.79. The number of ether oxygens (including phenoxy) is 3. The standard InChI is InChI=1S/C14H21NO4/c1-17-12-5-14(19-3)13(18-2)4-11(12)8-15-6-10(7-15)9-16/h4-5,10,16H,6-9H2,1-3H3. The molecule has 5 nitrogen and oxygen atoms in total. The van der Waals surface area contributed by atoms with Crippen molar-refractivity contribution in [1.82, 2.24) is 4.90 Å². The lowest BCUT2D eigenvalue weighted by Crippen LogP contribution is -2.47. The number of aliphatic hydroxyl groups excluding tert-OH is 1. The summed E-state index contributed by atoms with van der Waals surface area (Å²) in [7, 11) is 4.88. The second-order valence-corrected chi connectivity index (χ2v) is 4.76. The lowest BCUT2D eigenvalue weighted by molar-refractivity contribution is 0.0473. The largest absolute Gasteiger partial charge is 0.496 e. The Morgan fingerprint density at radius 3 is 2.16 bits per heavy atom. The van der Waals surface area contributed by atoms with E-state index in [-0.39, 0.29) is 6.61 Å². The number of hydrogen-bond donors (Lipinski definition) is 1. The fourth-order valence-electron chi connectivity index (χ4n) is 2.38. The summed E-state index contributed by atoms with van der Waals surface area (Å²) in [6.45, 7) is 2.90. The number of hydrogen-bond acceptors (Lipinski definition) is 5. The van der Waals surface area contributed by atoms with Crippen molar-refractivity contribution in [3.05, 3.63) is 17.7 Å². The molecule has 1 heterocycles. The van der Waals surface area contributed by atoms with Crippen LogP contribution in [0.2, 0.25) is 0 Å². The van der Waals surface area contributed by atoms with E-state index in [4.69, 9.17) is 19.3 Å². The molecule has 1 aromatic rings. The van der Waals surface area contributed by atoms with Gasteiger partial charge in [0.15, 0.2) is 11.5 Å². The van der Waals surface area contributed by atoms with Crippen LogP contribution in [0.4, 0.5) is 0 Å². The van der Waals surface area contributed by atoms with E-state index in [1.165, 1.54) is 0 Å². The van der Waals surface area contributed by atoms with Gasteiger partial charge in [-0.1, -0.05) is 0 Å². The number of methoxy groups -OCH3 is 3. The van der Waals surface area contributed by atoms with E-state index in [0.717, 1.165) is 30.9 Å². The van der Waals surface area contributed by atoms with Crippen molar-refractivity contribution in [3.63, 3.8) is 0 Å². The number of rotatable bonds is 6. The first-order chi connectivity index (χ1) is 9.21. The summed E-state index contributed by atoms with van der Waals surface area (Å²) in [5.74, 6) is 2.58. The molecule has 0 saturated carbocycles. The minimum atomic E-state index is 0.263. The number of nitrogens with zero attached hydrogens (tertiary/aromatic N) is 1. The molecule has 0 amide bonds. The van der Waals surface area contributed by atoms with Gasteiger partial charge in [0.1, 0.15) is 5.75 Å². The van der Waals surface area contributed by atoms with E-state index >= 15 is 0 Å². The van der Waals surface area contributed by atoms with Gasteiger partial charge in [0, 0.05) is 43.8 Å². The van der Waals surface area contributed by atoms with Gasteiger partial charge in [-0.2, -0.15) is 0 Å². The minimum absolute atomic E-state index is 0.263. The van der Waals surface area contributed by atoms with Gasteiger partial charge in [-0.25, -0.2) is 0 Å². The fourth-order valence-corrected chi connectivity index (χ4v) is 2.38. The highest BCUT2D eigenvalue weighted by Gasteiger charge is 2.26. The Labute approximate surface area is 113 Å². The van der Waals surface area contributed by atoms with Gasteiger partial charge >= 0.3 is 0 Å². The zero-order chi connectivity index (χ0) is 13.8. The molecule has 19 heavy (non-hydrogen) atoms. The van der Waals surface area contributed by atoms with Gasteiger partial charge in [0.2, 0.25) is 0 Å². The molecule has 1 aliphatic heterocycles. The Kier molecular flexibility index (Phi) is 4.50. The van der Waals surface area contributed by atoms with Gasteiger partial charge in [0.05, 0.1) is 21.3 Å². The maximum absolute atomic E-state index is 9.03. The third kappa shape index (κ3) is 2.93. The van der Waals surface area contributed by atoms with Gasteiger partial charge in [-0.05, 0) is 6.07 Å². The predicted molar refractivity (Wildman–Crippen MR) is 72.0 cm³/mol. The highest BCUT2D eigenvalue weighted by Crippen LogP contribution is 2.35. The first-order valence-electron chi connectivity index (χ1n) is 6.34. The van der Waals surface area contributed by atoms with Crippen LogP contribution in [0.3, 0.4) is 0 Å². The second-order valence-electron chi connectivity index (χ2n) is 4.76. The molecule has 0 radical (unpaired) electrons. The van der Waals surface area contributed by atoms with Crippen LogP contribution in [-0.4, -0.2) is 51.0 Å². The summed E-state index contributed by atoms with van der Waals surface area (Å²) in [4.78, 5) is 2.27. The molecule has 1 saturated heterocycles. The normalized spacial score (nSPS) is 16.0. The van der Waals surface area contributed by atoms with Gasteiger partial charge in [-0.15, -0.1) is 0 Å². The molecule has 0 unspecified atom stereocenters. The van der Waals surface area contributed by atoms with Crippen molar-refractivity contribution in [2.24, 2.45) is 5.92 Å². The topological polar surface area (TPSA) is 51.2 Å². The highest BCUT2D eigenvalue weighted by molar-refractivity contribution is 5.50. The highest BCUT2D eigenvalue weighted by atomic mass is 16.5. The number of aliphatic hydroxyl groups is 1. The Morgan fingerprint density at radius 1 is 1.05 bits per heavy atom. The molecule has 2 rings (SSSR count). The zero-order valence-electron chi connectivity index (χ0n) is 11.7. The van der Waals surface area contributed by atoms with Crippen LogP contribution in [-0.2, 0) is 6.54 Å². The van der Waals surface area contributed by atoms with Crippen molar-refractivity contribution < 1.29 is 19.3 Å². The van der Waals surface area contributed by atoms with Crippen LogP contribution >= 0.6 is 0 Å². The number of likely N-dealkylation sites (tertiary alicyclic amines) is 1. The lowest BCUT2D eigenvalue weighted by Gasteiger charge is -2.38. The molecule has 0 spiro atoms. The van der Waals surface area contributed by atoms with E-state index in [1.807, 2.05) is 12.1 Å². The third-order valence-corrected chi connectivity index (χ3v) is 3.47. The first kappa shape index (κ1) is 14.0. The molecule has 0 aromatic heterocycles. The van der Waals surface area contributed by atoms with E-state index in [1.54, 1.807) is 21.3 Å². The Hall–Kier alpha value is -1.46. The lowest BCUT2D eigenvalue weighted by atomic mass is 10.00. The first-order valence-corrected chi connectivity index (χ1v) is 6.34. The predicted octanol–water partition coefficient (Wildman–Crippen LogP) is 1.14. The van der Waals surface area contributed by atoms with Crippen molar-refractivity contribution in [1.29, 1.82) is 0 Å². The summed E-state index contributed by atoms with van der Waals surface area (Å²) >= 11 is 0. The summed E-state index contributed by atoms with van der Waals surface area (Å²) in [5, 5.41) is 9.03. The van der Waals surface area contributed by atoms with Crippen molar-refractivity contribution in [3.8, 4) is 17.2 Å². The monoisotopic (exact) mass is 267 g/mol. The molecular weight excluding hydrogens is 246 g/mol. The summed E-state index contributed by atoms with van der Waals surface area (Å²) < 4.78 is 16.0. The van der Waals surface area contributed by atoms with Gasteiger partial charge in [-0.3, -0.25) is 4.90 Å². The maximum Gasteiger partial charge on any atom is 0.164 e. The average Bonchev–Trinajstić information content (AvgIpc) is 2.41. The summed E-state index contributed by atoms with van der Waals surface area (Å²) in [5.41, 5.74) is 1.07. The SMILES string of the molecule is COc1cc(OC)c(OC)cc1CN1CC(CO)C1. The minimum Gasteiger partial charge on any atom is -0.496 e. The Morgan fingerprint density at radius 2 is 1.63 bits per heavy atom. The quantitative estimate of drug-likeness (QED) is 0.837. The fraction of sp³-hybridized carbons (Fsp3) is 0.571. The molecule has 1 fully saturated rings. The molecule has 5 heteroatoms. The Bertz CT molecular complexity index is 430. The van der Waals surface area contributed by atoms with Gasteiger partial charge < -0.3 is 19.3 Å². The molecule has 1 aromatic carbocycles. The molecule has 106 valence electrons. The van der Waals surface area contributed by atoms with Crippen LogP contribution in [0.1, 0.15) is 5.56 Å². The van der Waals surface area contributed by atoms with Crippen molar-refractivity contribution in [2.45, 2.75) is 6.54 Å². The molecule has 1 N–H and O–H groups in total. The molecule has 0 aliphatic carbocycles. The van der Waals surface area contributed by atoms with Gasteiger partial charge in [0.25, 0.3) is 0 Å². The van der Waals surface area contributed by atoms with E-state index in [0.29, 0.717) is 17.4 Å². The van der Waals surface area contributed by atoms with Crippen molar-refractivity contribution in [2.75, 3.05) is 41.0 Å². The molecule has 0 bridgehead atoms. The van der Waals surface area contributed by atoms with Crippen molar-refractivity contribution >= 4 is 0 Å². The van der Waals surface area contributed by atoms with Crippen LogP contribution in [0, 0.1) is 5.92 Å². The van der Waals surface area contributed by atoms with Crippen LogP contribution in [0.25, 0.3) is 0 Å². The molecule has 0 atom stereocenters. The smallest absolute Gasteiger partial charge is 0.164 e. The average molecular weight is 267 g/mol.